The Hall–Kier alpha value is -4.50. The lowest BCUT2D eigenvalue weighted by molar-refractivity contribution is -0.118. The summed E-state index contributed by atoms with van der Waals surface area (Å²) in [5, 5.41) is 5.43. The molecule has 0 bridgehead atoms. The van der Waals surface area contributed by atoms with Crippen molar-refractivity contribution in [2.24, 2.45) is 0 Å². The Morgan fingerprint density at radius 2 is 1.32 bits per heavy atom. The predicted molar refractivity (Wildman–Crippen MR) is 140 cm³/mol. The molecule has 0 unspecified atom stereocenters. The number of hydrogen-bond acceptors (Lipinski definition) is 4. The molecule has 4 aromatic carbocycles. The molecule has 188 valence electrons. The number of para-hydroxylation sites is 1. The summed E-state index contributed by atoms with van der Waals surface area (Å²) in [6, 6.07) is 27.4. The molecule has 0 radical (unpaired) electrons. The van der Waals surface area contributed by atoms with Gasteiger partial charge in [0.1, 0.15) is 11.9 Å². The minimum absolute atomic E-state index is 0.0276. The number of benzene rings is 4. The summed E-state index contributed by atoms with van der Waals surface area (Å²) < 4.78 is 41.0. The van der Waals surface area contributed by atoms with E-state index >= 15 is 0 Å². The van der Waals surface area contributed by atoms with E-state index in [-0.39, 0.29) is 16.9 Å². The first-order chi connectivity index (χ1) is 17.8. The molecule has 0 aliphatic heterocycles. The molecular formula is C28H24FN3O4S. The van der Waals surface area contributed by atoms with Crippen LogP contribution in [0.3, 0.4) is 0 Å². The van der Waals surface area contributed by atoms with Crippen molar-refractivity contribution in [1.29, 1.82) is 0 Å². The molecule has 0 saturated heterocycles. The van der Waals surface area contributed by atoms with Gasteiger partial charge in [-0.25, -0.2) is 12.8 Å². The van der Waals surface area contributed by atoms with Crippen molar-refractivity contribution in [1.82, 2.24) is 5.32 Å². The minimum atomic E-state index is -3.81. The second-order valence-corrected chi connectivity index (χ2v) is 9.89. The number of rotatable bonds is 9. The fourth-order valence-electron chi connectivity index (χ4n) is 3.57. The number of anilines is 2. The van der Waals surface area contributed by atoms with Gasteiger partial charge >= 0.3 is 0 Å². The van der Waals surface area contributed by atoms with E-state index in [4.69, 9.17) is 0 Å². The summed E-state index contributed by atoms with van der Waals surface area (Å²) >= 11 is 0. The van der Waals surface area contributed by atoms with Crippen molar-refractivity contribution in [2.45, 2.75) is 17.4 Å². The summed E-state index contributed by atoms with van der Waals surface area (Å²) in [4.78, 5) is 25.9. The Labute approximate surface area is 214 Å². The standard InChI is InChI=1S/C28H24FN3O4S/c29-22-13-11-21(12-14-22)27(33)31-26(19-20-7-3-1-4-8-20)28(34)30-23-15-17-25(18-16-23)37(35,36)32-24-9-5-2-6-10-24/h1-18,26,32H,19H2,(H,30,34)(H,31,33)/t26-/m0/s1. The van der Waals surface area contributed by atoms with Crippen LogP contribution < -0.4 is 15.4 Å². The van der Waals surface area contributed by atoms with Crippen LogP contribution in [0.2, 0.25) is 0 Å². The van der Waals surface area contributed by atoms with E-state index in [0.717, 1.165) is 5.56 Å². The molecule has 2 amide bonds. The van der Waals surface area contributed by atoms with Crippen LogP contribution in [0.5, 0.6) is 0 Å². The lowest BCUT2D eigenvalue weighted by atomic mass is 10.0. The van der Waals surface area contributed by atoms with Gasteiger partial charge in [-0.05, 0) is 66.2 Å². The number of amides is 2. The molecule has 37 heavy (non-hydrogen) atoms. The molecule has 0 aliphatic carbocycles. The Balaban J connectivity index is 1.48. The van der Waals surface area contributed by atoms with Gasteiger partial charge in [-0.3, -0.25) is 14.3 Å². The Bertz CT molecular complexity index is 1460. The molecule has 1 atom stereocenters. The van der Waals surface area contributed by atoms with Crippen LogP contribution in [0.4, 0.5) is 15.8 Å². The van der Waals surface area contributed by atoms with Gasteiger partial charge in [-0.15, -0.1) is 0 Å². The van der Waals surface area contributed by atoms with Crippen LogP contribution in [0.1, 0.15) is 15.9 Å². The highest BCUT2D eigenvalue weighted by Gasteiger charge is 2.23. The Morgan fingerprint density at radius 3 is 1.95 bits per heavy atom. The number of carbonyl (C=O) groups is 2. The van der Waals surface area contributed by atoms with Crippen LogP contribution in [0.15, 0.2) is 114 Å². The maximum atomic E-state index is 13.2. The second kappa shape index (κ2) is 11.5. The molecule has 0 spiro atoms. The third kappa shape index (κ3) is 7.02. The zero-order valence-electron chi connectivity index (χ0n) is 19.6. The predicted octanol–water partition coefficient (Wildman–Crippen LogP) is 4.61. The van der Waals surface area contributed by atoms with Crippen molar-refractivity contribution < 1.29 is 22.4 Å². The van der Waals surface area contributed by atoms with Crippen LogP contribution in [0, 0.1) is 5.82 Å². The monoisotopic (exact) mass is 517 g/mol. The lowest BCUT2D eigenvalue weighted by Gasteiger charge is -2.19. The second-order valence-electron chi connectivity index (χ2n) is 8.21. The highest BCUT2D eigenvalue weighted by molar-refractivity contribution is 7.92. The summed E-state index contributed by atoms with van der Waals surface area (Å²) in [5.74, 6) is -1.48. The van der Waals surface area contributed by atoms with Crippen molar-refractivity contribution >= 4 is 33.2 Å². The molecule has 7 nitrogen and oxygen atoms in total. The third-order valence-corrected chi connectivity index (χ3v) is 6.87. The number of nitrogens with one attached hydrogen (secondary N) is 3. The van der Waals surface area contributed by atoms with E-state index < -0.39 is 33.7 Å². The summed E-state index contributed by atoms with van der Waals surface area (Å²) in [6.07, 6.45) is 0.215. The van der Waals surface area contributed by atoms with Crippen molar-refractivity contribution in [3.8, 4) is 0 Å². The van der Waals surface area contributed by atoms with Crippen LogP contribution in [0.25, 0.3) is 0 Å². The van der Waals surface area contributed by atoms with Gasteiger partial charge < -0.3 is 10.6 Å². The van der Waals surface area contributed by atoms with E-state index in [1.54, 1.807) is 30.3 Å². The minimum Gasteiger partial charge on any atom is -0.340 e. The van der Waals surface area contributed by atoms with Crippen LogP contribution in [-0.4, -0.2) is 26.3 Å². The van der Waals surface area contributed by atoms with Gasteiger partial charge in [0.15, 0.2) is 0 Å². The van der Waals surface area contributed by atoms with Gasteiger partial charge in [0.05, 0.1) is 4.90 Å². The SMILES string of the molecule is O=C(N[C@@H](Cc1ccccc1)C(=O)Nc1ccc(S(=O)(=O)Nc2ccccc2)cc1)c1ccc(F)cc1. The van der Waals surface area contributed by atoms with Gasteiger partial charge in [0.2, 0.25) is 5.91 Å². The zero-order valence-corrected chi connectivity index (χ0v) is 20.4. The molecule has 0 heterocycles. The highest BCUT2D eigenvalue weighted by Crippen LogP contribution is 2.18. The fourth-order valence-corrected chi connectivity index (χ4v) is 4.63. The molecule has 4 rings (SSSR count). The van der Waals surface area contributed by atoms with E-state index in [2.05, 4.69) is 15.4 Å². The van der Waals surface area contributed by atoms with E-state index in [1.165, 1.54) is 48.5 Å². The molecule has 0 fully saturated rings. The summed E-state index contributed by atoms with van der Waals surface area (Å²) in [5.41, 5.74) is 1.83. The van der Waals surface area contributed by atoms with Gasteiger partial charge in [-0.1, -0.05) is 48.5 Å². The van der Waals surface area contributed by atoms with Gasteiger partial charge in [-0.2, -0.15) is 0 Å². The maximum absolute atomic E-state index is 13.2. The van der Waals surface area contributed by atoms with E-state index in [0.29, 0.717) is 11.4 Å². The molecule has 0 saturated carbocycles. The molecule has 0 aliphatic rings. The summed E-state index contributed by atoms with van der Waals surface area (Å²) in [6.45, 7) is 0. The van der Waals surface area contributed by atoms with Crippen molar-refractivity contribution in [2.75, 3.05) is 10.0 Å². The maximum Gasteiger partial charge on any atom is 0.261 e. The van der Waals surface area contributed by atoms with E-state index in [9.17, 15) is 22.4 Å². The number of halogens is 1. The average molecular weight is 518 g/mol. The lowest BCUT2D eigenvalue weighted by Crippen LogP contribution is -2.45. The average Bonchev–Trinajstić information content (AvgIpc) is 2.90. The molecule has 0 aromatic heterocycles. The molecule has 3 N–H and O–H groups in total. The van der Waals surface area contributed by atoms with Gasteiger partial charge in [0.25, 0.3) is 15.9 Å². The Kier molecular flexibility index (Phi) is 7.95. The number of sulfonamides is 1. The topological polar surface area (TPSA) is 104 Å². The quantitative estimate of drug-likeness (QED) is 0.302. The van der Waals surface area contributed by atoms with Gasteiger partial charge in [0, 0.05) is 23.4 Å². The normalized spacial score (nSPS) is 11.8. The number of carbonyl (C=O) groups excluding carboxylic acids is 2. The number of hydrogen-bond donors (Lipinski definition) is 3. The van der Waals surface area contributed by atoms with Crippen molar-refractivity contribution in [3.63, 3.8) is 0 Å². The Morgan fingerprint density at radius 1 is 0.730 bits per heavy atom. The first kappa shape index (κ1) is 25.6. The first-order valence-electron chi connectivity index (χ1n) is 11.4. The summed E-state index contributed by atoms with van der Waals surface area (Å²) in [7, 11) is -3.81. The highest BCUT2D eigenvalue weighted by atomic mass is 32.2. The molecule has 4 aromatic rings. The van der Waals surface area contributed by atoms with Crippen molar-refractivity contribution in [3.05, 3.63) is 126 Å². The fraction of sp³-hybridized carbons (Fsp3) is 0.0714. The smallest absolute Gasteiger partial charge is 0.261 e. The first-order valence-corrected chi connectivity index (χ1v) is 12.9. The largest absolute Gasteiger partial charge is 0.340 e. The zero-order chi connectivity index (χ0) is 26.3. The molecular weight excluding hydrogens is 493 g/mol. The third-order valence-electron chi connectivity index (χ3n) is 5.47. The van der Waals surface area contributed by atoms with Crippen LogP contribution in [-0.2, 0) is 21.2 Å². The van der Waals surface area contributed by atoms with Crippen LogP contribution >= 0.6 is 0 Å². The molecule has 9 heteroatoms. The van der Waals surface area contributed by atoms with E-state index in [1.807, 2.05) is 30.3 Å².